The normalized spacial score (nSPS) is 10.8. The zero-order valence-corrected chi connectivity index (χ0v) is 8.59. The van der Waals surface area contributed by atoms with Crippen LogP contribution in [0.4, 0.5) is 4.39 Å². The van der Waals surface area contributed by atoms with Crippen molar-refractivity contribution in [1.29, 1.82) is 0 Å². The van der Waals surface area contributed by atoms with Crippen molar-refractivity contribution in [3.63, 3.8) is 0 Å². The first kappa shape index (κ1) is 13.2. The molecule has 0 saturated heterocycles. The molecule has 5 heteroatoms. The summed E-state index contributed by atoms with van der Waals surface area (Å²) in [5.41, 5.74) is 0. The summed E-state index contributed by atoms with van der Waals surface area (Å²) in [5.74, 6) is -0.0117. The number of carboxylic acid groups (broad SMARTS) is 1. The van der Waals surface area contributed by atoms with E-state index in [0.29, 0.717) is 0 Å². The van der Waals surface area contributed by atoms with E-state index >= 15 is 0 Å². The van der Waals surface area contributed by atoms with Crippen molar-refractivity contribution in [3.8, 4) is 12.3 Å². The van der Waals surface area contributed by atoms with Crippen molar-refractivity contribution >= 4 is 5.97 Å². The van der Waals surface area contributed by atoms with Gasteiger partial charge in [-0.2, -0.15) is 0 Å². The Kier molecular flexibility index (Phi) is 10.1. The second kappa shape index (κ2) is 7.66. The number of carbonyl (C=O) groups is 1. The Morgan fingerprint density at radius 3 is 2.70 bits per heavy atom. The van der Waals surface area contributed by atoms with Crippen LogP contribution < -0.4 is 56.5 Å². The van der Waals surface area contributed by atoms with E-state index in [9.17, 15) is 14.3 Å². The fraction of sp³-hybridized carbons (Fsp3) is 0.400. The molecule has 0 aromatic heterocycles. The maximum absolute atomic E-state index is 11.7. The third-order valence-electron chi connectivity index (χ3n) is 0.498. The Balaban J connectivity index is 0. The number of carbonyl (C=O) groups excluding carboxylic acids is 1. The van der Waals surface area contributed by atoms with Gasteiger partial charge in [0.05, 0.1) is 0 Å². The monoisotopic (exact) mass is 170 g/mol. The summed E-state index contributed by atoms with van der Waals surface area (Å²) in [4.78, 5) is 9.53. The van der Waals surface area contributed by atoms with Crippen LogP contribution in [-0.4, -0.2) is 18.9 Å². The minimum absolute atomic E-state index is 0. The van der Waals surface area contributed by atoms with Crippen molar-refractivity contribution in [2.75, 3.05) is 6.61 Å². The van der Waals surface area contributed by atoms with Crippen molar-refractivity contribution in [2.24, 2.45) is 0 Å². The summed E-state index contributed by atoms with van der Waals surface area (Å²) in [7, 11) is 0. The molecule has 0 aliphatic heterocycles. The molecule has 0 aromatic rings. The number of terminal acetylenes is 1. The van der Waals surface area contributed by atoms with Crippen LogP contribution in [0.2, 0.25) is 0 Å². The number of rotatable bonds is 3. The van der Waals surface area contributed by atoms with Gasteiger partial charge in [0, 0.05) is 0 Å². The molecule has 50 valence electrons. The van der Waals surface area contributed by atoms with Crippen molar-refractivity contribution in [3.05, 3.63) is 0 Å². The minimum Gasteiger partial charge on any atom is -0.544 e. The number of aliphatic carboxylic acids is 1. The molecule has 0 aromatic carbocycles. The van der Waals surface area contributed by atoms with Gasteiger partial charge >= 0.3 is 51.4 Å². The molecule has 0 saturated carbocycles. The smallest absolute Gasteiger partial charge is 0.544 e. The van der Waals surface area contributed by atoms with E-state index in [1.54, 1.807) is 0 Å². The molecule has 0 aliphatic rings. The number of alkyl halides is 1. The summed E-state index contributed by atoms with van der Waals surface area (Å²) >= 11 is 0. The minimum atomic E-state index is -2.42. The van der Waals surface area contributed by atoms with E-state index < -0.39 is 12.3 Å². The summed E-state index contributed by atoms with van der Waals surface area (Å²) in [6, 6.07) is 0. The largest absolute Gasteiger partial charge is 1.00 e. The Morgan fingerprint density at radius 2 is 2.40 bits per heavy atom. The number of carboxylic acids is 1. The molecular weight excluding hydrogens is 166 g/mol. The predicted molar refractivity (Wildman–Crippen MR) is 24.7 cm³/mol. The molecule has 0 bridgehead atoms. The van der Waals surface area contributed by atoms with Crippen LogP contribution in [0.1, 0.15) is 0 Å². The first-order valence-corrected chi connectivity index (χ1v) is 2.08. The zero-order valence-electron chi connectivity index (χ0n) is 5.46. The molecule has 1 atom stereocenters. The first-order valence-electron chi connectivity index (χ1n) is 2.08. The average Bonchev–Trinajstić information content (AvgIpc) is 1.82. The summed E-state index contributed by atoms with van der Waals surface area (Å²) in [6.07, 6.45) is 2.21. The molecule has 0 radical (unpaired) electrons. The Bertz CT molecular complexity index is 142. The third kappa shape index (κ3) is 6.67. The molecule has 10 heavy (non-hydrogen) atoms. The van der Waals surface area contributed by atoms with Gasteiger partial charge in [0.2, 0.25) is 6.36 Å². The van der Waals surface area contributed by atoms with Gasteiger partial charge < -0.3 is 14.6 Å². The van der Waals surface area contributed by atoms with Gasteiger partial charge in [0.15, 0.2) is 0 Å². The van der Waals surface area contributed by atoms with Gasteiger partial charge in [0.25, 0.3) is 0 Å². The fourth-order valence-electron chi connectivity index (χ4n) is 0.189. The van der Waals surface area contributed by atoms with Crippen LogP contribution >= 0.6 is 0 Å². The predicted octanol–water partition coefficient (Wildman–Crippen LogP) is -4.31. The van der Waals surface area contributed by atoms with Gasteiger partial charge in [-0.15, -0.1) is 6.42 Å². The van der Waals surface area contributed by atoms with Crippen molar-refractivity contribution in [1.82, 2.24) is 0 Å². The van der Waals surface area contributed by atoms with E-state index in [1.807, 2.05) is 5.92 Å². The van der Waals surface area contributed by atoms with Crippen molar-refractivity contribution in [2.45, 2.75) is 6.36 Å². The van der Waals surface area contributed by atoms with E-state index in [4.69, 9.17) is 0 Å². The van der Waals surface area contributed by atoms with Crippen LogP contribution in [0, 0.1) is 12.3 Å². The molecule has 0 rings (SSSR count). The second-order valence-corrected chi connectivity index (χ2v) is 1.15. The van der Waals surface area contributed by atoms with Crippen LogP contribution in [0.5, 0.6) is 0 Å². The van der Waals surface area contributed by atoms with Crippen molar-refractivity contribution < 1.29 is 70.4 Å². The summed E-state index contributed by atoms with van der Waals surface area (Å²) in [5, 5.41) is 9.53. The molecule has 0 fully saturated rings. The fourth-order valence-corrected chi connectivity index (χ4v) is 0.189. The zero-order chi connectivity index (χ0) is 7.28. The van der Waals surface area contributed by atoms with Crippen LogP contribution in [0.25, 0.3) is 0 Å². The number of hydrogen-bond acceptors (Lipinski definition) is 3. The second-order valence-electron chi connectivity index (χ2n) is 1.15. The van der Waals surface area contributed by atoms with Crippen LogP contribution in [-0.2, 0) is 9.53 Å². The Hall–Kier alpha value is 0.556. The maximum atomic E-state index is 11.7. The summed E-state index contributed by atoms with van der Waals surface area (Å²) in [6.45, 7) is -0.366. The molecular formula is C5H4FKO3. The van der Waals surface area contributed by atoms with Gasteiger partial charge in [-0.3, -0.25) is 0 Å². The Morgan fingerprint density at radius 1 is 1.90 bits per heavy atom. The summed E-state index contributed by atoms with van der Waals surface area (Å²) < 4.78 is 15.6. The van der Waals surface area contributed by atoms with Crippen LogP contribution in [0.15, 0.2) is 0 Å². The van der Waals surface area contributed by atoms with Crippen LogP contribution in [0.3, 0.4) is 0 Å². The van der Waals surface area contributed by atoms with Gasteiger partial charge in [-0.05, 0) is 0 Å². The molecule has 1 unspecified atom stereocenters. The topological polar surface area (TPSA) is 49.4 Å². The van der Waals surface area contributed by atoms with Gasteiger partial charge in [-0.1, -0.05) is 5.92 Å². The Labute approximate surface area is 100 Å². The molecule has 0 aliphatic carbocycles. The quantitative estimate of drug-likeness (QED) is 0.318. The van der Waals surface area contributed by atoms with E-state index in [-0.39, 0.29) is 58.0 Å². The molecule has 0 heterocycles. The standard InChI is InChI=1S/C5H5FO3.K/c1-2-3-9-4(6)5(7)8;/h1,4H,3H2,(H,7,8);/q;+1/p-1. The van der Waals surface area contributed by atoms with E-state index in [0.717, 1.165) is 0 Å². The number of ether oxygens (including phenoxy) is 1. The molecule has 3 nitrogen and oxygen atoms in total. The molecule has 0 amide bonds. The molecule has 0 N–H and O–H groups in total. The maximum Gasteiger partial charge on any atom is 1.00 e. The number of hydrogen-bond donors (Lipinski definition) is 0. The van der Waals surface area contributed by atoms with Gasteiger partial charge in [0.1, 0.15) is 12.6 Å². The SMILES string of the molecule is C#CCOC(F)C(=O)[O-].[K+]. The first-order chi connectivity index (χ1) is 4.18. The average molecular weight is 170 g/mol. The molecule has 0 spiro atoms. The third-order valence-corrected chi connectivity index (χ3v) is 0.498. The number of halogens is 1. The van der Waals surface area contributed by atoms with E-state index in [2.05, 4.69) is 11.2 Å². The van der Waals surface area contributed by atoms with Gasteiger partial charge in [-0.25, -0.2) is 4.39 Å². The van der Waals surface area contributed by atoms with E-state index in [1.165, 1.54) is 0 Å².